The van der Waals surface area contributed by atoms with Crippen LogP contribution in [0.4, 0.5) is 10.3 Å². The molecule has 0 aliphatic carbocycles. The lowest BCUT2D eigenvalue weighted by Gasteiger charge is -2.11. The third-order valence-corrected chi connectivity index (χ3v) is 3.68. The summed E-state index contributed by atoms with van der Waals surface area (Å²) < 4.78 is 18.7. The van der Waals surface area contributed by atoms with E-state index in [1.807, 2.05) is 12.1 Å². The average Bonchev–Trinajstić information content (AvgIpc) is 2.55. The Kier molecular flexibility index (Phi) is 3.81. The van der Waals surface area contributed by atoms with Crippen LogP contribution in [0.2, 0.25) is 5.02 Å². The van der Waals surface area contributed by atoms with Gasteiger partial charge >= 0.3 is 0 Å². The number of ether oxygens (including phenoxy) is 1. The van der Waals surface area contributed by atoms with Gasteiger partial charge in [-0.2, -0.15) is 0 Å². The maximum atomic E-state index is 13.4. The SMILES string of the molecule is CNc1ncc2c(-c3ccc(F)c(Cl)c3)ccc(OC)c2n1. The fraction of sp³-hybridized carbons (Fsp3) is 0.125. The predicted molar refractivity (Wildman–Crippen MR) is 86.0 cm³/mol. The van der Waals surface area contributed by atoms with E-state index in [1.54, 1.807) is 32.5 Å². The Bertz CT molecular complexity index is 854. The topological polar surface area (TPSA) is 47.0 Å². The molecule has 0 saturated carbocycles. The van der Waals surface area contributed by atoms with E-state index in [-0.39, 0.29) is 5.02 Å². The van der Waals surface area contributed by atoms with Crippen LogP contribution >= 0.6 is 11.6 Å². The largest absolute Gasteiger partial charge is 0.494 e. The summed E-state index contributed by atoms with van der Waals surface area (Å²) in [4.78, 5) is 8.68. The molecule has 0 aliphatic rings. The number of benzene rings is 2. The minimum absolute atomic E-state index is 0.0780. The second-order valence-electron chi connectivity index (χ2n) is 4.65. The van der Waals surface area contributed by atoms with Crippen molar-refractivity contribution in [3.63, 3.8) is 0 Å². The van der Waals surface area contributed by atoms with E-state index in [1.165, 1.54) is 6.07 Å². The lowest BCUT2D eigenvalue weighted by Crippen LogP contribution is -1.98. The van der Waals surface area contributed by atoms with Crippen LogP contribution in [-0.4, -0.2) is 24.1 Å². The first-order chi connectivity index (χ1) is 10.6. The van der Waals surface area contributed by atoms with Crippen molar-refractivity contribution in [2.75, 3.05) is 19.5 Å². The molecule has 0 atom stereocenters. The number of nitrogens with one attached hydrogen (secondary N) is 1. The predicted octanol–water partition coefficient (Wildman–Crippen LogP) is 4.14. The molecule has 6 heteroatoms. The van der Waals surface area contributed by atoms with E-state index in [2.05, 4.69) is 15.3 Å². The molecule has 4 nitrogen and oxygen atoms in total. The summed E-state index contributed by atoms with van der Waals surface area (Å²) in [6, 6.07) is 8.31. The van der Waals surface area contributed by atoms with Crippen LogP contribution in [-0.2, 0) is 0 Å². The van der Waals surface area contributed by atoms with Crippen LogP contribution in [0.15, 0.2) is 36.5 Å². The molecule has 2 aromatic carbocycles. The highest BCUT2D eigenvalue weighted by Gasteiger charge is 2.12. The number of hydrogen-bond donors (Lipinski definition) is 1. The smallest absolute Gasteiger partial charge is 0.223 e. The summed E-state index contributed by atoms with van der Waals surface area (Å²) in [6.45, 7) is 0. The Morgan fingerprint density at radius 3 is 2.73 bits per heavy atom. The molecule has 0 aliphatic heterocycles. The van der Waals surface area contributed by atoms with Crippen molar-refractivity contribution in [1.29, 1.82) is 0 Å². The fourth-order valence-electron chi connectivity index (χ4n) is 2.30. The Morgan fingerprint density at radius 1 is 1.23 bits per heavy atom. The van der Waals surface area contributed by atoms with Gasteiger partial charge in [0, 0.05) is 18.6 Å². The summed E-state index contributed by atoms with van der Waals surface area (Å²) in [7, 11) is 3.33. The van der Waals surface area contributed by atoms with Crippen LogP contribution in [0.25, 0.3) is 22.0 Å². The molecule has 0 unspecified atom stereocenters. The first-order valence-electron chi connectivity index (χ1n) is 6.61. The molecule has 1 heterocycles. The molecule has 0 spiro atoms. The molecule has 0 bridgehead atoms. The number of anilines is 1. The normalized spacial score (nSPS) is 10.7. The number of rotatable bonds is 3. The number of aromatic nitrogens is 2. The summed E-state index contributed by atoms with van der Waals surface area (Å²) in [5.74, 6) is 0.697. The minimum atomic E-state index is -0.447. The summed E-state index contributed by atoms with van der Waals surface area (Å²) >= 11 is 5.88. The second kappa shape index (κ2) is 5.77. The monoisotopic (exact) mass is 317 g/mol. The van der Waals surface area contributed by atoms with Gasteiger partial charge in [0.25, 0.3) is 0 Å². The Balaban J connectivity index is 2.28. The maximum absolute atomic E-state index is 13.4. The van der Waals surface area contributed by atoms with Gasteiger partial charge < -0.3 is 10.1 Å². The Hall–Kier alpha value is -2.40. The molecule has 22 heavy (non-hydrogen) atoms. The number of halogens is 2. The van der Waals surface area contributed by atoms with Crippen molar-refractivity contribution >= 4 is 28.5 Å². The molecule has 1 N–H and O–H groups in total. The molecule has 3 aromatic rings. The van der Waals surface area contributed by atoms with Crippen LogP contribution in [0, 0.1) is 5.82 Å². The van der Waals surface area contributed by atoms with Gasteiger partial charge in [0.15, 0.2) is 0 Å². The van der Waals surface area contributed by atoms with Crippen LogP contribution in [0.5, 0.6) is 5.75 Å². The average molecular weight is 318 g/mol. The fourth-order valence-corrected chi connectivity index (χ4v) is 2.48. The summed E-state index contributed by atoms with van der Waals surface area (Å²) in [6.07, 6.45) is 1.71. The highest BCUT2D eigenvalue weighted by Crippen LogP contribution is 2.34. The van der Waals surface area contributed by atoms with Gasteiger partial charge in [-0.1, -0.05) is 17.7 Å². The lowest BCUT2D eigenvalue weighted by atomic mass is 10.0. The first-order valence-corrected chi connectivity index (χ1v) is 6.98. The molecular formula is C16H13ClFN3O. The van der Waals surface area contributed by atoms with E-state index in [4.69, 9.17) is 16.3 Å². The van der Waals surface area contributed by atoms with Gasteiger partial charge in [-0.25, -0.2) is 14.4 Å². The van der Waals surface area contributed by atoms with Crippen molar-refractivity contribution in [3.8, 4) is 16.9 Å². The van der Waals surface area contributed by atoms with Gasteiger partial charge in [-0.15, -0.1) is 0 Å². The first kappa shape index (κ1) is 14.5. The second-order valence-corrected chi connectivity index (χ2v) is 5.06. The third kappa shape index (κ3) is 2.44. The van der Waals surface area contributed by atoms with Gasteiger partial charge in [0.1, 0.15) is 17.1 Å². The van der Waals surface area contributed by atoms with Gasteiger partial charge in [0.05, 0.1) is 12.1 Å². The highest BCUT2D eigenvalue weighted by molar-refractivity contribution is 6.31. The third-order valence-electron chi connectivity index (χ3n) is 3.39. The Morgan fingerprint density at radius 2 is 2.05 bits per heavy atom. The van der Waals surface area contributed by atoms with Crippen molar-refractivity contribution in [3.05, 3.63) is 47.4 Å². The lowest BCUT2D eigenvalue weighted by molar-refractivity contribution is 0.419. The van der Waals surface area contributed by atoms with Gasteiger partial charge in [-0.05, 0) is 35.4 Å². The van der Waals surface area contributed by atoms with Crippen molar-refractivity contribution in [2.45, 2.75) is 0 Å². The maximum Gasteiger partial charge on any atom is 0.223 e. The molecule has 0 radical (unpaired) electrons. The molecule has 0 saturated heterocycles. The molecule has 3 rings (SSSR count). The van der Waals surface area contributed by atoms with E-state index < -0.39 is 5.82 Å². The zero-order valence-corrected chi connectivity index (χ0v) is 12.8. The number of hydrogen-bond acceptors (Lipinski definition) is 4. The minimum Gasteiger partial charge on any atom is -0.494 e. The molecule has 1 aromatic heterocycles. The number of fused-ring (bicyclic) bond motifs is 1. The van der Waals surface area contributed by atoms with E-state index in [0.29, 0.717) is 17.2 Å². The van der Waals surface area contributed by atoms with Crippen molar-refractivity contribution < 1.29 is 9.13 Å². The highest BCUT2D eigenvalue weighted by atomic mass is 35.5. The van der Waals surface area contributed by atoms with Crippen LogP contribution < -0.4 is 10.1 Å². The molecule has 0 amide bonds. The summed E-state index contributed by atoms with van der Waals surface area (Å²) in [5.41, 5.74) is 2.33. The van der Waals surface area contributed by atoms with E-state index in [9.17, 15) is 4.39 Å². The Labute approximate surface area is 131 Å². The molecular weight excluding hydrogens is 305 g/mol. The van der Waals surface area contributed by atoms with Gasteiger partial charge in [-0.3, -0.25) is 0 Å². The number of nitrogens with zero attached hydrogens (tertiary/aromatic N) is 2. The van der Waals surface area contributed by atoms with E-state index in [0.717, 1.165) is 16.5 Å². The van der Waals surface area contributed by atoms with E-state index >= 15 is 0 Å². The van der Waals surface area contributed by atoms with Crippen LogP contribution in [0.1, 0.15) is 0 Å². The van der Waals surface area contributed by atoms with Crippen molar-refractivity contribution in [2.24, 2.45) is 0 Å². The zero-order chi connectivity index (χ0) is 15.7. The summed E-state index contributed by atoms with van der Waals surface area (Å²) in [5, 5.41) is 3.78. The molecule has 112 valence electrons. The zero-order valence-electron chi connectivity index (χ0n) is 12.0. The standard InChI is InChI=1S/C16H13ClFN3O/c1-19-16-20-8-11-10(4-6-14(22-2)15(11)21-16)9-3-5-13(18)12(17)7-9/h3-8H,1-2H3,(H,19,20,21). The van der Waals surface area contributed by atoms with Gasteiger partial charge in [0.2, 0.25) is 5.95 Å². The van der Waals surface area contributed by atoms with Crippen LogP contribution in [0.3, 0.4) is 0 Å². The number of methoxy groups -OCH3 is 1. The molecule has 0 fully saturated rings. The quantitative estimate of drug-likeness (QED) is 0.788. The van der Waals surface area contributed by atoms with Crippen molar-refractivity contribution in [1.82, 2.24) is 9.97 Å².